The number of hydrogen-bond acceptors (Lipinski definition) is 4. The minimum Gasteiger partial charge on any atom is -0.492 e. The van der Waals surface area contributed by atoms with Crippen molar-refractivity contribution >= 4 is 15.7 Å². The molecule has 0 aromatic heterocycles. The first-order valence-electron chi connectivity index (χ1n) is 7.77. The molecule has 1 N–H and O–H groups in total. The standard InChI is InChI=1S/C18H24N2O3S/c1-14-5-6-15(2)18(13-14)19-11-12-23-16-7-9-17(10-8-16)24(21,22)20(3)4/h5-10,13,19H,11-12H2,1-4H3. The van der Waals surface area contributed by atoms with Crippen LogP contribution in [0, 0.1) is 13.8 Å². The maximum Gasteiger partial charge on any atom is 0.242 e. The van der Waals surface area contributed by atoms with Crippen molar-refractivity contribution in [2.75, 3.05) is 32.6 Å². The van der Waals surface area contributed by atoms with E-state index in [2.05, 4.69) is 37.4 Å². The SMILES string of the molecule is Cc1ccc(C)c(NCCOc2ccc(S(=O)(=O)N(C)C)cc2)c1. The van der Waals surface area contributed by atoms with Gasteiger partial charge in [0.15, 0.2) is 0 Å². The normalized spacial score (nSPS) is 11.5. The highest BCUT2D eigenvalue weighted by Crippen LogP contribution is 2.18. The molecule has 0 unspecified atom stereocenters. The molecule has 2 aromatic carbocycles. The zero-order valence-corrected chi connectivity index (χ0v) is 15.4. The van der Waals surface area contributed by atoms with Crippen LogP contribution in [-0.2, 0) is 10.0 Å². The fourth-order valence-electron chi connectivity index (χ4n) is 2.20. The van der Waals surface area contributed by atoms with E-state index in [4.69, 9.17) is 4.74 Å². The number of benzene rings is 2. The lowest BCUT2D eigenvalue weighted by atomic mass is 10.1. The van der Waals surface area contributed by atoms with Gasteiger partial charge in [0.1, 0.15) is 12.4 Å². The van der Waals surface area contributed by atoms with E-state index in [1.807, 2.05) is 0 Å². The molecule has 2 rings (SSSR count). The number of anilines is 1. The minimum absolute atomic E-state index is 0.258. The summed E-state index contributed by atoms with van der Waals surface area (Å²) < 4.78 is 30.8. The van der Waals surface area contributed by atoms with E-state index in [0.29, 0.717) is 18.9 Å². The molecule has 0 radical (unpaired) electrons. The van der Waals surface area contributed by atoms with Crippen molar-refractivity contribution in [2.45, 2.75) is 18.7 Å². The van der Waals surface area contributed by atoms with Gasteiger partial charge in [-0.05, 0) is 55.3 Å². The number of sulfonamides is 1. The van der Waals surface area contributed by atoms with Gasteiger partial charge in [0.25, 0.3) is 0 Å². The second kappa shape index (κ2) is 7.68. The van der Waals surface area contributed by atoms with Crippen LogP contribution >= 0.6 is 0 Å². The van der Waals surface area contributed by atoms with Crippen LogP contribution in [0.25, 0.3) is 0 Å². The highest BCUT2D eigenvalue weighted by molar-refractivity contribution is 7.89. The second-order valence-electron chi connectivity index (χ2n) is 5.85. The van der Waals surface area contributed by atoms with Crippen LogP contribution in [0.5, 0.6) is 5.75 Å². The van der Waals surface area contributed by atoms with Crippen molar-refractivity contribution in [3.8, 4) is 5.75 Å². The van der Waals surface area contributed by atoms with Gasteiger partial charge in [-0.2, -0.15) is 0 Å². The molecule has 0 bridgehead atoms. The average Bonchev–Trinajstić information content (AvgIpc) is 2.55. The lowest BCUT2D eigenvalue weighted by molar-refractivity contribution is 0.332. The van der Waals surface area contributed by atoms with Crippen LogP contribution in [0.3, 0.4) is 0 Å². The average molecular weight is 348 g/mol. The molecule has 0 aliphatic rings. The minimum atomic E-state index is -3.40. The molecule has 2 aromatic rings. The van der Waals surface area contributed by atoms with E-state index in [-0.39, 0.29) is 4.90 Å². The highest BCUT2D eigenvalue weighted by Gasteiger charge is 2.16. The van der Waals surface area contributed by atoms with E-state index in [1.165, 1.54) is 29.5 Å². The number of aryl methyl sites for hydroxylation is 2. The quantitative estimate of drug-likeness (QED) is 0.782. The molecule has 0 aliphatic carbocycles. The van der Waals surface area contributed by atoms with Gasteiger partial charge < -0.3 is 10.1 Å². The van der Waals surface area contributed by atoms with Crippen molar-refractivity contribution < 1.29 is 13.2 Å². The Morgan fingerprint density at radius 3 is 2.33 bits per heavy atom. The Hall–Kier alpha value is -2.05. The summed E-state index contributed by atoms with van der Waals surface area (Å²) in [5.74, 6) is 0.649. The first-order chi connectivity index (χ1) is 11.3. The monoisotopic (exact) mass is 348 g/mol. The van der Waals surface area contributed by atoms with Crippen LogP contribution in [0.1, 0.15) is 11.1 Å². The number of nitrogens with one attached hydrogen (secondary N) is 1. The van der Waals surface area contributed by atoms with Crippen LogP contribution < -0.4 is 10.1 Å². The van der Waals surface area contributed by atoms with E-state index >= 15 is 0 Å². The first-order valence-corrected chi connectivity index (χ1v) is 9.21. The Labute approximate surface area is 144 Å². The van der Waals surface area contributed by atoms with E-state index in [9.17, 15) is 8.42 Å². The van der Waals surface area contributed by atoms with E-state index < -0.39 is 10.0 Å². The zero-order valence-electron chi connectivity index (χ0n) is 14.5. The van der Waals surface area contributed by atoms with E-state index in [1.54, 1.807) is 24.3 Å². The third-order valence-electron chi connectivity index (χ3n) is 3.68. The summed E-state index contributed by atoms with van der Waals surface area (Å²) in [5.41, 5.74) is 3.51. The number of nitrogens with zero attached hydrogens (tertiary/aromatic N) is 1. The Bertz CT molecular complexity index is 784. The van der Waals surface area contributed by atoms with Gasteiger partial charge >= 0.3 is 0 Å². The van der Waals surface area contributed by atoms with Gasteiger partial charge in [-0.3, -0.25) is 0 Å². The lowest BCUT2D eigenvalue weighted by Crippen LogP contribution is -2.22. The van der Waals surface area contributed by atoms with Crippen molar-refractivity contribution in [2.24, 2.45) is 0 Å². The van der Waals surface area contributed by atoms with Crippen LogP contribution in [0.15, 0.2) is 47.4 Å². The number of ether oxygens (including phenoxy) is 1. The summed E-state index contributed by atoms with van der Waals surface area (Å²) in [7, 11) is -0.373. The molecule has 0 saturated carbocycles. The third-order valence-corrected chi connectivity index (χ3v) is 5.51. The Morgan fingerprint density at radius 2 is 1.71 bits per heavy atom. The highest BCUT2D eigenvalue weighted by atomic mass is 32.2. The second-order valence-corrected chi connectivity index (χ2v) is 8.00. The number of hydrogen-bond donors (Lipinski definition) is 1. The molecule has 6 heteroatoms. The van der Waals surface area contributed by atoms with Gasteiger partial charge in [0.05, 0.1) is 4.90 Å². The maximum absolute atomic E-state index is 12.0. The summed E-state index contributed by atoms with van der Waals surface area (Å²) in [4.78, 5) is 0.258. The largest absolute Gasteiger partial charge is 0.492 e. The molecular formula is C18H24N2O3S. The van der Waals surface area contributed by atoms with Crippen molar-refractivity contribution in [3.05, 3.63) is 53.6 Å². The molecule has 0 atom stereocenters. The molecule has 0 amide bonds. The summed E-state index contributed by atoms with van der Waals surface area (Å²) in [5, 5.41) is 3.35. The van der Waals surface area contributed by atoms with Gasteiger partial charge in [0.2, 0.25) is 10.0 Å². The van der Waals surface area contributed by atoms with Crippen LogP contribution in [0.2, 0.25) is 0 Å². The van der Waals surface area contributed by atoms with Crippen molar-refractivity contribution in [3.63, 3.8) is 0 Å². The zero-order chi connectivity index (χ0) is 17.7. The lowest BCUT2D eigenvalue weighted by Gasteiger charge is -2.13. The number of rotatable bonds is 7. The predicted molar refractivity (Wildman–Crippen MR) is 97.2 cm³/mol. The van der Waals surface area contributed by atoms with Gasteiger partial charge in [-0.15, -0.1) is 0 Å². The Morgan fingerprint density at radius 1 is 1.04 bits per heavy atom. The van der Waals surface area contributed by atoms with Crippen LogP contribution in [0.4, 0.5) is 5.69 Å². The smallest absolute Gasteiger partial charge is 0.242 e. The third kappa shape index (κ3) is 4.49. The Balaban J connectivity index is 1.88. The predicted octanol–water partition coefficient (Wildman–Crippen LogP) is 3.04. The molecule has 130 valence electrons. The molecule has 0 heterocycles. The van der Waals surface area contributed by atoms with E-state index in [0.717, 1.165) is 5.69 Å². The fourth-order valence-corrected chi connectivity index (χ4v) is 3.10. The summed E-state index contributed by atoms with van der Waals surface area (Å²) >= 11 is 0. The molecular weight excluding hydrogens is 324 g/mol. The summed E-state index contributed by atoms with van der Waals surface area (Å²) in [6.07, 6.45) is 0. The Kier molecular flexibility index (Phi) is 5.85. The van der Waals surface area contributed by atoms with Gasteiger partial charge in [0, 0.05) is 26.3 Å². The van der Waals surface area contributed by atoms with Crippen molar-refractivity contribution in [1.29, 1.82) is 0 Å². The molecule has 0 spiro atoms. The molecule has 0 fully saturated rings. The van der Waals surface area contributed by atoms with Gasteiger partial charge in [-0.25, -0.2) is 12.7 Å². The first kappa shape index (κ1) is 18.3. The molecule has 5 nitrogen and oxygen atoms in total. The summed E-state index contributed by atoms with van der Waals surface area (Å²) in [6.45, 7) is 5.28. The van der Waals surface area contributed by atoms with Crippen molar-refractivity contribution in [1.82, 2.24) is 4.31 Å². The topological polar surface area (TPSA) is 58.6 Å². The molecule has 0 saturated heterocycles. The molecule has 24 heavy (non-hydrogen) atoms. The summed E-state index contributed by atoms with van der Waals surface area (Å²) in [6, 6.07) is 12.7. The maximum atomic E-state index is 12.0. The molecule has 0 aliphatic heterocycles. The van der Waals surface area contributed by atoms with Crippen LogP contribution in [-0.4, -0.2) is 40.0 Å². The van der Waals surface area contributed by atoms with Gasteiger partial charge in [-0.1, -0.05) is 12.1 Å². The fraction of sp³-hybridized carbons (Fsp3) is 0.333.